The van der Waals surface area contributed by atoms with Crippen LogP contribution in [-0.4, -0.2) is 57.1 Å². The molecule has 0 radical (unpaired) electrons. The van der Waals surface area contributed by atoms with Gasteiger partial charge >= 0.3 is 6.36 Å². The largest absolute Gasteiger partial charge is 0.522 e. The second-order valence-corrected chi connectivity index (χ2v) is 3.20. The molecule has 0 aliphatic heterocycles. The molecule has 0 aromatic heterocycles. The lowest BCUT2D eigenvalue weighted by atomic mass is 10.5. The third-order valence-electron chi connectivity index (χ3n) is 1.69. The first-order chi connectivity index (χ1) is 6.99. The van der Waals surface area contributed by atoms with Gasteiger partial charge in [0.15, 0.2) is 0 Å². The summed E-state index contributed by atoms with van der Waals surface area (Å²) in [7, 11) is 1.53. The van der Waals surface area contributed by atoms with Gasteiger partial charge in [-0.25, -0.2) is 0 Å². The predicted molar refractivity (Wildman–Crippen MR) is 51.0 cm³/mol. The van der Waals surface area contributed by atoms with Crippen molar-refractivity contribution < 1.29 is 22.6 Å². The summed E-state index contributed by atoms with van der Waals surface area (Å²) < 4.78 is 43.4. The minimum absolute atomic E-state index is 0.190. The third-order valence-corrected chi connectivity index (χ3v) is 1.85. The highest BCUT2D eigenvalue weighted by Crippen LogP contribution is 2.15. The molecule has 0 unspecified atom stereocenters. The van der Waals surface area contributed by atoms with Gasteiger partial charge in [0.25, 0.3) is 0 Å². The van der Waals surface area contributed by atoms with Crippen LogP contribution < -0.4 is 0 Å². The zero-order valence-electron chi connectivity index (χ0n) is 8.52. The number of hydrogen-bond donors (Lipinski definition) is 0. The highest BCUT2D eigenvalue weighted by atomic mass is 35.5. The summed E-state index contributed by atoms with van der Waals surface area (Å²) in [6.07, 6.45) is -4.56. The van der Waals surface area contributed by atoms with Crippen molar-refractivity contribution in [3.8, 4) is 0 Å². The minimum Gasteiger partial charge on any atom is -0.383 e. The Balaban J connectivity index is 3.65. The summed E-state index contributed by atoms with van der Waals surface area (Å²) >= 11 is 5.50. The van der Waals surface area contributed by atoms with Crippen LogP contribution in [0.5, 0.6) is 0 Å². The van der Waals surface area contributed by atoms with Crippen molar-refractivity contribution in [3.63, 3.8) is 0 Å². The van der Waals surface area contributed by atoms with Crippen LogP contribution in [-0.2, 0) is 9.47 Å². The van der Waals surface area contributed by atoms with Crippen molar-refractivity contribution in [1.82, 2.24) is 4.90 Å². The van der Waals surface area contributed by atoms with Crippen LogP contribution in [0.1, 0.15) is 0 Å². The van der Waals surface area contributed by atoms with Crippen molar-refractivity contribution in [3.05, 3.63) is 0 Å². The SMILES string of the molecule is COCCN(CCCl)CCOC(F)(F)F. The molecule has 0 saturated carbocycles. The van der Waals surface area contributed by atoms with Crippen LogP contribution >= 0.6 is 11.6 Å². The summed E-state index contributed by atoms with van der Waals surface area (Å²) in [5, 5.41) is 0. The molecule has 15 heavy (non-hydrogen) atoms. The van der Waals surface area contributed by atoms with E-state index in [-0.39, 0.29) is 13.2 Å². The average molecular weight is 250 g/mol. The summed E-state index contributed by atoms with van der Waals surface area (Å²) in [5.41, 5.74) is 0. The van der Waals surface area contributed by atoms with Gasteiger partial charge in [-0.1, -0.05) is 0 Å². The van der Waals surface area contributed by atoms with Gasteiger partial charge < -0.3 is 4.74 Å². The van der Waals surface area contributed by atoms with Crippen LogP contribution in [0.15, 0.2) is 0 Å². The molecule has 0 aromatic carbocycles. The smallest absolute Gasteiger partial charge is 0.383 e. The van der Waals surface area contributed by atoms with E-state index in [1.54, 1.807) is 4.90 Å². The van der Waals surface area contributed by atoms with Crippen molar-refractivity contribution in [1.29, 1.82) is 0 Å². The van der Waals surface area contributed by atoms with Crippen LogP contribution in [0.25, 0.3) is 0 Å². The maximum absolute atomic E-state index is 11.7. The number of rotatable bonds is 8. The summed E-state index contributed by atoms with van der Waals surface area (Å²) in [4.78, 5) is 1.75. The highest BCUT2D eigenvalue weighted by molar-refractivity contribution is 6.18. The first-order valence-electron chi connectivity index (χ1n) is 4.47. The van der Waals surface area contributed by atoms with Gasteiger partial charge in [0.1, 0.15) is 0 Å². The molecule has 92 valence electrons. The van der Waals surface area contributed by atoms with Gasteiger partial charge in [0.05, 0.1) is 13.2 Å². The van der Waals surface area contributed by atoms with Crippen molar-refractivity contribution in [2.24, 2.45) is 0 Å². The molecule has 0 saturated heterocycles. The zero-order valence-corrected chi connectivity index (χ0v) is 9.27. The quantitative estimate of drug-likeness (QED) is 0.612. The van der Waals surface area contributed by atoms with E-state index >= 15 is 0 Å². The average Bonchev–Trinajstić information content (AvgIpc) is 2.12. The van der Waals surface area contributed by atoms with Crippen molar-refractivity contribution >= 4 is 11.6 Å². The summed E-state index contributed by atoms with van der Waals surface area (Å²) in [6.45, 7) is 1.33. The molecule has 0 bridgehead atoms. The maximum Gasteiger partial charge on any atom is 0.522 e. The molecular weight excluding hydrogens is 235 g/mol. The van der Waals surface area contributed by atoms with Gasteiger partial charge in [-0.2, -0.15) is 0 Å². The molecular formula is C8H15ClF3NO2. The van der Waals surface area contributed by atoms with Gasteiger partial charge in [0.2, 0.25) is 0 Å². The van der Waals surface area contributed by atoms with Crippen molar-refractivity contribution in [2.45, 2.75) is 6.36 Å². The monoisotopic (exact) mass is 249 g/mol. The molecule has 0 fully saturated rings. The van der Waals surface area contributed by atoms with E-state index in [1.165, 1.54) is 7.11 Å². The molecule has 0 aliphatic carbocycles. The van der Waals surface area contributed by atoms with Gasteiger partial charge in [0, 0.05) is 32.6 Å². The number of halogens is 4. The molecule has 0 N–H and O–H groups in total. The Morgan fingerprint density at radius 1 is 1.13 bits per heavy atom. The Morgan fingerprint density at radius 2 is 1.73 bits per heavy atom. The Labute approximate surface area is 92.1 Å². The van der Waals surface area contributed by atoms with Crippen LogP contribution in [0.3, 0.4) is 0 Å². The van der Waals surface area contributed by atoms with E-state index in [4.69, 9.17) is 16.3 Å². The van der Waals surface area contributed by atoms with E-state index in [1.807, 2.05) is 0 Å². The number of nitrogens with zero attached hydrogens (tertiary/aromatic N) is 1. The van der Waals surface area contributed by atoms with E-state index in [0.717, 1.165) is 0 Å². The lowest BCUT2D eigenvalue weighted by molar-refractivity contribution is -0.325. The molecule has 7 heteroatoms. The Kier molecular flexibility index (Phi) is 8.13. The van der Waals surface area contributed by atoms with Crippen LogP contribution in [0, 0.1) is 0 Å². The lowest BCUT2D eigenvalue weighted by Crippen LogP contribution is -2.33. The number of hydrogen-bond acceptors (Lipinski definition) is 3. The Bertz CT molecular complexity index is 157. The predicted octanol–water partition coefficient (Wildman–Crippen LogP) is 1.71. The second kappa shape index (κ2) is 8.15. The molecule has 0 amide bonds. The molecule has 0 rings (SSSR count). The summed E-state index contributed by atoms with van der Waals surface area (Å²) in [6, 6.07) is 0. The first kappa shape index (κ1) is 15.0. The zero-order chi connectivity index (χ0) is 11.7. The van der Waals surface area contributed by atoms with Gasteiger partial charge in [-0.05, 0) is 0 Å². The van der Waals surface area contributed by atoms with Crippen molar-refractivity contribution in [2.75, 3.05) is 45.8 Å². The standard InChI is InChI=1S/C8H15ClF3NO2/c1-14-6-4-13(3-2-9)5-7-15-8(10,11)12/h2-7H2,1H3. The number of methoxy groups -OCH3 is 1. The van der Waals surface area contributed by atoms with E-state index in [2.05, 4.69) is 4.74 Å². The molecule has 0 aromatic rings. The highest BCUT2D eigenvalue weighted by Gasteiger charge is 2.28. The maximum atomic E-state index is 11.7. The summed E-state index contributed by atoms with van der Waals surface area (Å²) in [5.74, 6) is 0.371. The lowest BCUT2D eigenvalue weighted by Gasteiger charge is -2.20. The molecule has 0 atom stereocenters. The van der Waals surface area contributed by atoms with Crippen LogP contribution in [0.2, 0.25) is 0 Å². The Hall–Kier alpha value is -0.0400. The van der Waals surface area contributed by atoms with E-state index in [0.29, 0.717) is 25.6 Å². The van der Waals surface area contributed by atoms with Crippen LogP contribution in [0.4, 0.5) is 13.2 Å². The fourth-order valence-electron chi connectivity index (χ4n) is 0.966. The van der Waals surface area contributed by atoms with Gasteiger partial charge in [-0.3, -0.25) is 9.64 Å². The number of alkyl halides is 4. The fraction of sp³-hybridized carbons (Fsp3) is 1.00. The van der Waals surface area contributed by atoms with E-state index < -0.39 is 6.36 Å². The minimum atomic E-state index is -4.56. The first-order valence-corrected chi connectivity index (χ1v) is 5.01. The molecule has 0 aliphatic rings. The Morgan fingerprint density at radius 3 is 2.20 bits per heavy atom. The topological polar surface area (TPSA) is 21.7 Å². The fourth-order valence-corrected chi connectivity index (χ4v) is 1.20. The molecule has 0 spiro atoms. The molecule has 0 heterocycles. The third kappa shape index (κ3) is 10.2. The number of ether oxygens (including phenoxy) is 2. The second-order valence-electron chi connectivity index (χ2n) is 2.82. The molecule has 3 nitrogen and oxygen atoms in total. The van der Waals surface area contributed by atoms with E-state index in [9.17, 15) is 13.2 Å². The van der Waals surface area contributed by atoms with Gasteiger partial charge in [-0.15, -0.1) is 24.8 Å². The normalized spacial score (nSPS) is 12.4.